The zero-order valence-corrected chi connectivity index (χ0v) is 4.24. The highest BCUT2D eigenvalue weighted by atomic mass is 35.5. The lowest BCUT2D eigenvalue weighted by molar-refractivity contribution is 1.44. The van der Waals surface area contributed by atoms with Gasteiger partial charge in [0.25, 0.3) is 0 Å². The Morgan fingerprint density at radius 3 is 2.33 bits per heavy atom. The molecule has 0 radical (unpaired) electrons. The molecule has 0 N–H and O–H groups in total. The van der Waals surface area contributed by atoms with Crippen molar-refractivity contribution >= 4 is 23.6 Å². The van der Waals surface area contributed by atoms with Crippen molar-refractivity contribution in [2.24, 2.45) is 9.98 Å². The molecule has 0 spiro atoms. The minimum Gasteiger partial charge on any atom is -0.260 e. The van der Waals surface area contributed by atoms with E-state index in [-0.39, 0.29) is 5.29 Å². The second-order valence-electron chi connectivity index (χ2n) is 0.651. The summed E-state index contributed by atoms with van der Waals surface area (Å²) in [6.45, 7) is 3.12. The molecule has 0 aromatic carbocycles. The summed E-state index contributed by atoms with van der Waals surface area (Å²) in [6, 6.07) is 0. The Bertz CT molecular complexity index is 76.9. The first-order chi connectivity index (χ1) is 2.81. The summed E-state index contributed by atoms with van der Waals surface area (Å²) in [4.78, 5) is 6.73. The van der Waals surface area contributed by atoms with Gasteiger partial charge in [-0.15, -0.1) is 0 Å². The maximum atomic E-state index is 5.17. The van der Waals surface area contributed by atoms with E-state index in [2.05, 4.69) is 16.7 Å². The molecule has 34 valence electrons. The number of hydrogen-bond acceptors (Lipinski definition) is 1. The number of rotatable bonds is 0. The van der Waals surface area contributed by atoms with Crippen molar-refractivity contribution in [2.45, 2.75) is 0 Å². The van der Waals surface area contributed by atoms with Crippen LogP contribution in [0.4, 0.5) is 0 Å². The number of halogens is 1. The number of nitrogens with zero attached hydrogens (tertiary/aromatic N) is 2. The maximum absolute atomic E-state index is 5.17. The van der Waals surface area contributed by atoms with E-state index >= 15 is 0 Å². The summed E-state index contributed by atoms with van der Waals surface area (Å²) in [6.07, 6.45) is 0. The largest absolute Gasteiger partial charge is 0.260 e. The van der Waals surface area contributed by atoms with Gasteiger partial charge in [0.15, 0.2) is 0 Å². The average Bonchev–Trinajstić information content (AvgIpc) is 1.65. The van der Waals surface area contributed by atoms with Crippen LogP contribution in [-0.2, 0) is 0 Å². The normalized spacial score (nSPS) is 11.3. The van der Waals surface area contributed by atoms with Crippen LogP contribution in [0.1, 0.15) is 0 Å². The van der Waals surface area contributed by atoms with E-state index in [0.717, 1.165) is 0 Å². The highest BCUT2D eigenvalue weighted by molar-refractivity contribution is 6.65. The first-order valence-electron chi connectivity index (χ1n) is 1.40. The second kappa shape index (κ2) is 2.85. The Morgan fingerprint density at radius 1 is 1.83 bits per heavy atom. The fourth-order valence-corrected chi connectivity index (χ4v) is 0.0707. The number of hydrogen-bond donors (Lipinski definition) is 0. The summed E-state index contributed by atoms with van der Waals surface area (Å²) < 4.78 is 0. The predicted molar refractivity (Wildman–Crippen MR) is 28.8 cm³/mol. The van der Waals surface area contributed by atoms with E-state index in [1.54, 1.807) is 7.05 Å². The van der Waals surface area contributed by atoms with Gasteiger partial charge in [0.2, 0.25) is 5.29 Å². The van der Waals surface area contributed by atoms with Gasteiger partial charge in [0.1, 0.15) is 0 Å². The topological polar surface area (TPSA) is 24.7 Å². The molecule has 6 heavy (non-hydrogen) atoms. The lowest BCUT2D eigenvalue weighted by atomic mass is 11.2. The van der Waals surface area contributed by atoms with Crippen LogP contribution in [0.2, 0.25) is 0 Å². The van der Waals surface area contributed by atoms with Gasteiger partial charge in [-0.3, -0.25) is 4.99 Å². The van der Waals surface area contributed by atoms with Gasteiger partial charge >= 0.3 is 0 Å². The summed E-state index contributed by atoms with van der Waals surface area (Å²) >= 11 is 5.17. The Hall–Kier alpha value is -0.370. The van der Waals surface area contributed by atoms with Crippen molar-refractivity contribution in [2.75, 3.05) is 7.05 Å². The van der Waals surface area contributed by atoms with E-state index in [9.17, 15) is 0 Å². The Balaban J connectivity index is 3.50. The van der Waals surface area contributed by atoms with E-state index in [1.165, 1.54) is 0 Å². The van der Waals surface area contributed by atoms with Crippen LogP contribution >= 0.6 is 11.6 Å². The van der Waals surface area contributed by atoms with Crippen LogP contribution in [0, 0.1) is 0 Å². The molecule has 0 aromatic rings. The molecule has 0 aliphatic rings. The van der Waals surface area contributed by atoms with Gasteiger partial charge in [-0.05, 0) is 18.3 Å². The molecule has 0 heterocycles. The fourth-order valence-electron chi connectivity index (χ4n) is 0.0707. The van der Waals surface area contributed by atoms with E-state index in [0.29, 0.717) is 0 Å². The van der Waals surface area contributed by atoms with Crippen molar-refractivity contribution in [1.29, 1.82) is 0 Å². The molecule has 0 unspecified atom stereocenters. The highest BCUT2D eigenvalue weighted by Crippen LogP contribution is 1.80. The monoisotopic (exact) mass is 104 g/mol. The molecule has 0 atom stereocenters. The van der Waals surface area contributed by atoms with Gasteiger partial charge in [0.05, 0.1) is 0 Å². The van der Waals surface area contributed by atoms with Crippen molar-refractivity contribution in [3.63, 3.8) is 0 Å². The molecular formula is C3H5ClN2. The lowest BCUT2D eigenvalue weighted by Crippen LogP contribution is -1.73. The minimum absolute atomic E-state index is 0.204. The summed E-state index contributed by atoms with van der Waals surface area (Å²) in [5, 5.41) is 0.204. The SMILES string of the molecule is C=NC(Cl)=NC. The lowest BCUT2D eigenvalue weighted by Gasteiger charge is -1.74. The van der Waals surface area contributed by atoms with Crippen molar-refractivity contribution in [1.82, 2.24) is 0 Å². The van der Waals surface area contributed by atoms with Gasteiger partial charge < -0.3 is 0 Å². The molecule has 0 amide bonds. The van der Waals surface area contributed by atoms with Crippen LogP contribution < -0.4 is 0 Å². The van der Waals surface area contributed by atoms with Gasteiger partial charge in [-0.2, -0.15) is 0 Å². The Kier molecular flexibility index (Phi) is 2.67. The summed E-state index contributed by atoms with van der Waals surface area (Å²) in [7, 11) is 1.55. The molecule has 0 bridgehead atoms. The molecule has 0 aliphatic carbocycles. The molecule has 0 saturated carbocycles. The molecule has 2 nitrogen and oxygen atoms in total. The van der Waals surface area contributed by atoms with Crippen LogP contribution in [0.25, 0.3) is 0 Å². The van der Waals surface area contributed by atoms with E-state index in [4.69, 9.17) is 11.6 Å². The molecule has 0 aliphatic heterocycles. The van der Waals surface area contributed by atoms with Crippen LogP contribution in [0.5, 0.6) is 0 Å². The molecule has 0 aromatic heterocycles. The van der Waals surface area contributed by atoms with E-state index < -0.39 is 0 Å². The molecular weight excluding hydrogens is 99.5 g/mol. The predicted octanol–water partition coefficient (Wildman–Crippen LogP) is 0.912. The third-order valence-corrected chi connectivity index (χ3v) is 0.604. The fraction of sp³-hybridized carbons (Fsp3) is 0.333. The van der Waals surface area contributed by atoms with Crippen LogP contribution in [0.15, 0.2) is 9.98 Å². The van der Waals surface area contributed by atoms with Crippen molar-refractivity contribution in [3.8, 4) is 0 Å². The summed E-state index contributed by atoms with van der Waals surface area (Å²) in [5.41, 5.74) is 0. The maximum Gasteiger partial charge on any atom is 0.216 e. The third-order valence-electron chi connectivity index (χ3n) is 0.315. The number of aliphatic imine (C=N–C) groups is 2. The molecule has 0 fully saturated rings. The van der Waals surface area contributed by atoms with E-state index in [1.807, 2.05) is 0 Å². The first kappa shape index (κ1) is 5.63. The number of amidine groups is 1. The third kappa shape index (κ3) is 1.91. The van der Waals surface area contributed by atoms with Gasteiger partial charge in [-0.1, -0.05) is 0 Å². The minimum atomic E-state index is 0.204. The standard InChI is InChI=1S/C3H5ClN2/c1-5-3(4)6-2/h1H2,2H3. The molecule has 0 saturated heterocycles. The zero-order valence-electron chi connectivity index (χ0n) is 3.48. The molecule has 3 heteroatoms. The average molecular weight is 105 g/mol. The highest BCUT2D eigenvalue weighted by Gasteiger charge is 1.73. The van der Waals surface area contributed by atoms with Gasteiger partial charge in [-0.25, -0.2) is 4.99 Å². The zero-order chi connectivity index (χ0) is 4.99. The Morgan fingerprint density at radius 2 is 2.33 bits per heavy atom. The summed E-state index contributed by atoms with van der Waals surface area (Å²) in [5.74, 6) is 0. The Labute approximate surface area is 41.6 Å². The first-order valence-corrected chi connectivity index (χ1v) is 1.78. The quantitative estimate of drug-likeness (QED) is 0.248. The van der Waals surface area contributed by atoms with Crippen molar-refractivity contribution < 1.29 is 0 Å². The molecule has 0 rings (SSSR count). The second-order valence-corrected chi connectivity index (χ2v) is 0.989. The van der Waals surface area contributed by atoms with Crippen LogP contribution in [-0.4, -0.2) is 19.1 Å². The van der Waals surface area contributed by atoms with Crippen molar-refractivity contribution in [3.05, 3.63) is 0 Å². The van der Waals surface area contributed by atoms with Crippen LogP contribution in [0.3, 0.4) is 0 Å². The van der Waals surface area contributed by atoms with Gasteiger partial charge in [0, 0.05) is 7.05 Å². The smallest absolute Gasteiger partial charge is 0.216 e.